The maximum absolute atomic E-state index is 11.9. The lowest BCUT2D eigenvalue weighted by atomic mass is 10.2. The van der Waals surface area contributed by atoms with Crippen molar-refractivity contribution in [1.82, 2.24) is 0 Å². The maximum atomic E-state index is 11.9. The van der Waals surface area contributed by atoms with Crippen molar-refractivity contribution in [3.8, 4) is 6.07 Å². The molecule has 0 aliphatic heterocycles. The smallest absolute Gasteiger partial charge is 0.234 e. The monoisotopic (exact) mass is 297 g/mol. The Kier molecular flexibility index (Phi) is 4.85. The molecule has 106 valence electrons. The highest BCUT2D eigenvalue weighted by Gasteiger charge is 2.05. The molecule has 0 atom stereocenters. The van der Waals surface area contributed by atoms with Gasteiger partial charge >= 0.3 is 0 Å². The molecule has 5 heteroatoms. The number of anilines is 2. The highest BCUT2D eigenvalue weighted by atomic mass is 32.2. The molecule has 4 nitrogen and oxygen atoms in total. The fourth-order valence-electron chi connectivity index (χ4n) is 1.71. The summed E-state index contributed by atoms with van der Waals surface area (Å²) in [5.74, 6) is 0.239. The van der Waals surface area contributed by atoms with E-state index in [9.17, 15) is 4.79 Å². The Morgan fingerprint density at radius 3 is 2.62 bits per heavy atom. The van der Waals surface area contributed by atoms with Gasteiger partial charge in [0.1, 0.15) is 0 Å². The first-order chi connectivity index (χ1) is 10.1. The van der Waals surface area contributed by atoms with E-state index in [4.69, 9.17) is 11.0 Å². The third-order valence-electron chi connectivity index (χ3n) is 2.91. The molecule has 0 unspecified atom stereocenters. The van der Waals surface area contributed by atoms with E-state index in [1.54, 1.807) is 24.3 Å². The third kappa shape index (κ3) is 4.26. The van der Waals surface area contributed by atoms with Gasteiger partial charge in [-0.15, -0.1) is 11.8 Å². The topological polar surface area (TPSA) is 78.9 Å². The van der Waals surface area contributed by atoms with Gasteiger partial charge in [-0.05, 0) is 55.0 Å². The lowest BCUT2D eigenvalue weighted by molar-refractivity contribution is -0.113. The lowest BCUT2D eigenvalue weighted by Crippen LogP contribution is -2.13. The number of carbonyl (C=O) groups is 1. The van der Waals surface area contributed by atoms with Gasteiger partial charge in [0.05, 0.1) is 17.4 Å². The number of aryl methyl sites for hydroxylation is 1. The van der Waals surface area contributed by atoms with Crippen LogP contribution in [0, 0.1) is 18.3 Å². The zero-order chi connectivity index (χ0) is 15.2. The molecule has 0 saturated heterocycles. The number of hydrogen-bond acceptors (Lipinski definition) is 4. The van der Waals surface area contributed by atoms with Crippen molar-refractivity contribution in [2.24, 2.45) is 0 Å². The molecule has 2 rings (SSSR count). The molecule has 2 aromatic rings. The van der Waals surface area contributed by atoms with Crippen LogP contribution in [-0.2, 0) is 4.79 Å². The number of nitrogen functional groups attached to an aromatic ring is 1. The summed E-state index contributed by atoms with van der Waals surface area (Å²) in [6.07, 6.45) is 0. The quantitative estimate of drug-likeness (QED) is 0.671. The summed E-state index contributed by atoms with van der Waals surface area (Å²) in [7, 11) is 0. The van der Waals surface area contributed by atoms with Crippen LogP contribution in [0.2, 0.25) is 0 Å². The molecular formula is C16H15N3OS. The number of nitriles is 1. The van der Waals surface area contributed by atoms with Crippen molar-refractivity contribution in [1.29, 1.82) is 5.26 Å². The van der Waals surface area contributed by atoms with Gasteiger partial charge in [-0.3, -0.25) is 4.79 Å². The van der Waals surface area contributed by atoms with Crippen LogP contribution in [0.3, 0.4) is 0 Å². The first-order valence-corrected chi connectivity index (χ1v) is 7.36. The van der Waals surface area contributed by atoms with Gasteiger partial charge in [-0.1, -0.05) is 0 Å². The van der Waals surface area contributed by atoms with Crippen LogP contribution in [0.4, 0.5) is 11.4 Å². The molecule has 0 aliphatic carbocycles. The molecule has 0 bridgehead atoms. The molecule has 1 amide bonds. The molecule has 0 aliphatic rings. The van der Waals surface area contributed by atoms with Crippen LogP contribution >= 0.6 is 11.8 Å². The van der Waals surface area contributed by atoms with Crippen molar-refractivity contribution in [2.45, 2.75) is 11.8 Å². The van der Waals surface area contributed by atoms with Crippen molar-refractivity contribution in [2.75, 3.05) is 16.8 Å². The Bertz CT molecular complexity index is 690. The molecule has 0 radical (unpaired) electrons. The molecule has 0 fully saturated rings. The van der Waals surface area contributed by atoms with Crippen LogP contribution in [0.15, 0.2) is 47.4 Å². The van der Waals surface area contributed by atoms with Crippen LogP contribution in [-0.4, -0.2) is 11.7 Å². The Morgan fingerprint density at radius 1 is 1.29 bits per heavy atom. The summed E-state index contributed by atoms with van der Waals surface area (Å²) in [6, 6.07) is 14.5. The Hall–Kier alpha value is -2.45. The highest BCUT2D eigenvalue weighted by molar-refractivity contribution is 8.00. The molecule has 0 spiro atoms. The fourth-order valence-corrected chi connectivity index (χ4v) is 2.51. The number of rotatable bonds is 4. The summed E-state index contributed by atoms with van der Waals surface area (Å²) in [5, 5.41) is 11.5. The average Bonchev–Trinajstić information content (AvgIpc) is 2.49. The van der Waals surface area contributed by atoms with Crippen molar-refractivity contribution >= 4 is 29.0 Å². The minimum Gasteiger partial charge on any atom is -0.399 e. The third-order valence-corrected chi connectivity index (χ3v) is 3.90. The summed E-state index contributed by atoms with van der Waals surface area (Å²) in [5.41, 5.74) is 8.77. The van der Waals surface area contributed by atoms with E-state index in [-0.39, 0.29) is 5.91 Å². The maximum Gasteiger partial charge on any atom is 0.234 e. The standard InChI is InChI=1S/C16H15N3OS/c1-11-8-14(6-7-15(11)18)21-10-16(20)19-13-4-2-12(9-17)3-5-13/h2-8H,10,18H2,1H3,(H,19,20). The van der Waals surface area contributed by atoms with Crippen LogP contribution in [0.1, 0.15) is 11.1 Å². The second kappa shape index (κ2) is 6.82. The van der Waals surface area contributed by atoms with E-state index in [1.807, 2.05) is 31.2 Å². The second-order valence-electron chi connectivity index (χ2n) is 4.54. The number of hydrogen-bond donors (Lipinski definition) is 2. The van der Waals surface area contributed by atoms with Crippen LogP contribution in [0.25, 0.3) is 0 Å². The van der Waals surface area contributed by atoms with E-state index < -0.39 is 0 Å². The number of nitrogens with one attached hydrogen (secondary N) is 1. The molecule has 21 heavy (non-hydrogen) atoms. The summed E-state index contributed by atoms with van der Waals surface area (Å²) < 4.78 is 0. The Morgan fingerprint density at radius 2 is 2.00 bits per heavy atom. The molecule has 0 heterocycles. The van der Waals surface area contributed by atoms with E-state index in [1.165, 1.54) is 11.8 Å². The molecule has 0 saturated carbocycles. The normalized spacial score (nSPS) is 9.90. The van der Waals surface area contributed by atoms with Gasteiger partial charge in [-0.25, -0.2) is 0 Å². The van der Waals surface area contributed by atoms with E-state index in [2.05, 4.69) is 5.32 Å². The fraction of sp³-hybridized carbons (Fsp3) is 0.125. The van der Waals surface area contributed by atoms with Gasteiger partial charge in [-0.2, -0.15) is 5.26 Å². The van der Waals surface area contributed by atoms with Gasteiger partial charge in [0.2, 0.25) is 5.91 Å². The predicted molar refractivity (Wildman–Crippen MR) is 86.1 cm³/mol. The van der Waals surface area contributed by atoms with E-state index >= 15 is 0 Å². The number of nitrogens with zero attached hydrogens (tertiary/aromatic N) is 1. The average molecular weight is 297 g/mol. The Balaban J connectivity index is 1.89. The minimum atomic E-state index is -0.0841. The zero-order valence-corrected chi connectivity index (χ0v) is 12.4. The lowest BCUT2D eigenvalue weighted by Gasteiger charge is -2.06. The van der Waals surface area contributed by atoms with Gasteiger partial charge in [0.15, 0.2) is 0 Å². The highest BCUT2D eigenvalue weighted by Crippen LogP contribution is 2.22. The van der Waals surface area contributed by atoms with E-state index in [0.29, 0.717) is 17.0 Å². The summed E-state index contributed by atoms with van der Waals surface area (Å²) in [6.45, 7) is 1.94. The largest absolute Gasteiger partial charge is 0.399 e. The number of nitrogens with two attached hydrogens (primary N) is 1. The molecule has 0 aromatic heterocycles. The zero-order valence-electron chi connectivity index (χ0n) is 11.6. The van der Waals surface area contributed by atoms with Crippen molar-refractivity contribution < 1.29 is 4.79 Å². The molecular weight excluding hydrogens is 282 g/mol. The molecule has 2 aromatic carbocycles. The second-order valence-corrected chi connectivity index (χ2v) is 5.59. The van der Waals surface area contributed by atoms with Gasteiger partial charge < -0.3 is 11.1 Å². The van der Waals surface area contributed by atoms with Gasteiger partial charge in [0.25, 0.3) is 0 Å². The van der Waals surface area contributed by atoms with E-state index in [0.717, 1.165) is 16.1 Å². The van der Waals surface area contributed by atoms with Crippen molar-refractivity contribution in [3.63, 3.8) is 0 Å². The van der Waals surface area contributed by atoms with Gasteiger partial charge in [0, 0.05) is 16.3 Å². The Labute approximate surface area is 128 Å². The van der Waals surface area contributed by atoms with Crippen LogP contribution < -0.4 is 11.1 Å². The number of amides is 1. The molecule has 3 N–H and O–H groups in total. The number of benzene rings is 2. The summed E-state index contributed by atoms with van der Waals surface area (Å²) in [4.78, 5) is 12.9. The summed E-state index contributed by atoms with van der Waals surface area (Å²) >= 11 is 1.46. The first kappa shape index (κ1) is 14.9. The minimum absolute atomic E-state index is 0.0841. The SMILES string of the molecule is Cc1cc(SCC(=O)Nc2ccc(C#N)cc2)ccc1N. The van der Waals surface area contributed by atoms with Crippen LogP contribution in [0.5, 0.6) is 0 Å². The number of thioether (sulfide) groups is 1. The van der Waals surface area contributed by atoms with Crippen molar-refractivity contribution in [3.05, 3.63) is 53.6 Å². The first-order valence-electron chi connectivity index (χ1n) is 6.37. The number of carbonyl (C=O) groups excluding carboxylic acids is 1. The predicted octanol–water partition coefficient (Wildman–Crippen LogP) is 3.18.